The van der Waals surface area contributed by atoms with Crippen molar-refractivity contribution in [3.63, 3.8) is 0 Å². The van der Waals surface area contributed by atoms with Gasteiger partial charge in [-0.05, 0) is 36.4 Å². The van der Waals surface area contributed by atoms with E-state index in [-0.39, 0.29) is 12.5 Å². The average molecular weight is 366 g/mol. The minimum Gasteiger partial charge on any atom is -0.482 e. The van der Waals surface area contributed by atoms with Crippen molar-refractivity contribution in [3.8, 4) is 11.8 Å². The van der Waals surface area contributed by atoms with Crippen LogP contribution in [0.4, 0.5) is 5.69 Å². The molecule has 0 heterocycles. The first-order valence-electron chi connectivity index (χ1n) is 5.96. The van der Waals surface area contributed by atoms with E-state index >= 15 is 0 Å². The largest absolute Gasteiger partial charge is 0.482 e. The minimum absolute atomic E-state index is 0.169. The molecule has 0 aliphatic carbocycles. The molecule has 0 fully saturated rings. The van der Waals surface area contributed by atoms with Crippen LogP contribution in [0.25, 0.3) is 0 Å². The molecule has 21 heavy (non-hydrogen) atoms. The zero-order valence-corrected chi connectivity index (χ0v) is 13.1. The Balaban J connectivity index is 1.94. The standard InChI is InChI=1S/C15H10BrClN2O2/c16-11-4-5-14(13(17)7-11)21-9-15(20)19-12-3-1-2-10(6-12)8-18/h1-7H,9H2,(H,19,20). The van der Waals surface area contributed by atoms with E-state index in [1.54, 1.807) is 42.5 Å². The summed E-state index contributed by atoms with van der Waals surface area (Å²) in [5.41, 5.74) is 1.02. The van der Waals surface area contributed by atoms with Gasteiger partial charge in [0.15, 0.2) is 6.61 Å². The van der Waals surface area contributed by atoms with Gasteiger partial charge in [0.2, 0.25) is 0 Å². The van der Waals surface area contributed by atoms with E-state index in [0.717, 1.165) is 4.47 Å². The zero-order valence-electron chi connectivity index (χ0n) is 10.8. The van der Waals surface area contributed by atoms with E-state index < -0.39 is 0 Å². The van der Waals surface area contributed by atoms with Gasteiger partial charge in [-0.1, -0.05) is 33.6 Å². The molecule has 0 aromatic heterocycles. The fourth-order valence-electron chi connectivity index (χ4n) is 1.60. The lowest BCUT2D eigenvalue weighted by molar-refractivity contribution is -0.118. The number of hydrogen-bond donors (Lipinski definition) is 1. The Bertz CT molecular complexity index is 713. The van der Waals surface area contributed by atoms with Crippen LogP contribution >= 0.6 is 27.5 Å². The highest BCUT2D eigenvalue weighted by Crippen LogP contribution is 2.27. The molecule has 0 atom stereocenters. The molecule has 2 aromatic carbocycles. The highest BCUT2D eigenvalue weighted by Gasteiger charge is 2.07. The molecule has 0 saturated carbocycles. The predicted molar refractivity (Wildman–Crippen MR) is 84.4 cm³/mol. The lowest BCUT2D eigenvalue weighted by Crippen LogP contribution is -2.20. The number of nitriles is 1. The SMILES string of the molecule is N#Cc1cccc(NC(=O)COc2ccc(Br)cc2Cl)c1. The summed E-state index contributed by atoms with van der Waals surface area (Å²) in [5.74, 6) is 0.102. The van der Waals surface area contributed by atoms with Crippen molar-refractivity contribution >= 4 is 39.1 Å². The predicted octanol–water partition coefficient (Wildman–Crippen LogP) is 3.99. The average Bonchev–Trinajstić information content (AvgIpc) is 2.46. The number of halogens is 2. The third kappa shape index (κ3) is 4.48. The molecule has 0 unspecified atom stereocenters. The maximum absolute atomic E-state index is 11.8. The van der Waals surface area contributed by atoms with Gasteiger partial charge >= 0.3 is 0 Å². The summed E-state index contributed by atoms with van der Waals surface area (Å²) in [6.45, 7) is -0.169. The Morgan fingerprint density at radius 1 is 1.33 bits per heavy atom. The number of carbonyl (C=O) groups is 1. The van der Waals surface area contributed by atoms with Crippen LogP contribution in [0, 0.1) is 11.3 Å². The highest BCUT2D eigenvalue weighted by molar-refractivity contribution is 9.10. The van der Waals surface area contributed by atoms with Gasteiger partial charge < -0.3 is 10.1 Å². The molecule has 106 valence electrons. The van der Waals surface area contributed by atoms with Gasteiger partial charge in [-0.25, -0.2) is 0 Å². The van der Waals surface area contributed by atoms with Gasteiger partial charge in [-0.15, -0.1) is 0 Å². The smallest absolute Gasteiger partial charge is 0.262 e. The summed E-state index contributed by atoms with van der Waals surface area (Å²) in [5, 5.41) is 11.9. The van der Waals surface area contributed by atoms with E-state index in [1.165, 1.54) is 0 Å². The number of carbonyl (C=O) groups excluding carboxylic acids is 1. The number of nitrogens with one attached hydrogen (secondary N) is 1. The van der Waals surface area contributed by atoms with Gasteiger partial charge in [-0.3, -0.25) is 4.79 Å². The van der Waals surface area contributed by atoms with Crippen LogP contribution in [0.2, 0.25) is 5.02 Å². The number of hydrogen-bond acceptors (Lipinski definition) is 3. The van der Waals surface area contributed by atoms with Gasteiger partial charge in [-0.2, -0.15) is 5.26 Å². The second-order valence-corrected chi connectivity index (χ2v) is 5.43. The third-order valence-corrected chi connectivity index (χ3v) is 3.32. The van der Waals surface area contributed by atoms with Gasteiger partial charge in [0.1, 0.15) is 5.75 Å². The maximum Gasteiger partial charge on any atom is 0.262 e. The highest BCUT2D eigenvalue weighted by atomic mass is 79.9. The Labute approximate surface area is 135 Å². The van der Waals surface area contributed by atoms with E-state index in [9.17, 15) is 4.79 Å². The van der Waals surface area contributed by atoms with Crippen molar-refractivity contribution in [2.75, 3.05) is 11.9 Å². The summed E-state index contributed by atoms with van der Waals surface area (Å²) in [6, 6.07) is 13.8. The van der Waals surface area contributed by atoms with E-state index in [0.29, 0.717) is 22.0 Å². The molecule has 4 nitrogen and oxygen atoms in total. The fraction of sp³-hybridized carbons (Fsp3) is 0.0667. The fourth-order valence-corrected chi connectivity index (χ4v) is 2.33. The monoisotopic (exact) mass is 364 g/mol. The molecule has 6 heteroatoms. The molecule has 0 aliphatic rings. The summed E-state index contributed by atoms with van der Waals surface area (Å²) >= 11 is 9.28. The third-order valence-electron chi connectivity index (χ3n) is 2.53. The van der Waals surface area contributed by atoms with E-state index in [1.807, 2.05) is 6.07 Å². The lowest BCUT2D eigenvalue weighted by Gasteiger charge is -2.09. The first kappa shape index (κ1) is 15.4. The van der Waals surface area contributed by atoms with Crippen LogP contribution < -0.4 is 10.1 Å². The van der Waals surface area contributed by atoms with Gasteiger partial charge in [0.25, 0.3) is 5.91 Å². The van der Waals surface area contributed by atoms with Crippen LogP contribution in [0.15, 0.2) is 46.9 Å². The number of benzene rings is 2. The molecule has 2 aromatic rings. The topological polar surface area (TPSA) is 62.1 Å². The molecule has 0 bridgehead atoms. The normalized spacial score (nSPS) is 9.76. The van der Waals surface area contributed by atoms with Crippen LogP contribution in [-0.4, -0.2) is 12.5 Å². The first-order valence-corrected chi connectivity index (χ1v) is 7.13. The van der Waals surface area contributed by atoms with Crippen LogP contribution in [-0.2, 0) is 4.79 Å². The summed E-state index contributed by atoms with van der Waals surface area (Å²) < 4.78 is 6.18. The molecular formula is C15H10BrClN2O2. The second-order valence-electron chi connectivity index (χ2n) is 4.10. The molecule has 1 amide bonds. The summed E-state index contributed by atoms with van der Waals surface area (Å²) in [4.78, 5) is 11.8. The Morgan fingerprint density at radius 2 is 2.14 bits per heavy atom. The Kier molecular flexibility index (Phi) is 5.20. The number of nitrogens with zero attached hydrogens (tertiary/aromatic N) is 1. The van der Waals surface area contributed by atoms with Crippen LogP contribution in [0.5, 0.6) is 5.75 Å². The molecule has 0 spiro atoms. The maximum atomic E-state index is 11.8. The number of rotatable bonds is 4. The number of ether oxygens (including phenoxy) is 1. The van der Waals surface area contributed by atoms with Gasteiger partial charge in [0.05, 0.1) is 16.7 Å². The van der Waals surface area contributed by atoms with Crippen LogP contribution in [0.1, 0.15) is 5.56 Å². The Hall–Kier alpha value is -2.03. The second kappa shape index (κ2) is 7.11. The van der Waals surface area contributed by atoms with Crippen molar-refractivity contribution in [2.45, 2.75) is 0 Å². The zero-order chi connectivity index (χ0) is 15.2. The van der Waals surface area contributed by atoms with Crippen molar-refractivity contribution in [1.82, 2.24) is 0 Å². The quantitative estimate of drug-likeness (QED) is 0.891. The molecule has 0 radical (unpaired) electrons. The minimum atomic E-state index is -0.330. The molecule has 0 aliphatic heterocycles. The van der Waals surface area contributed by atoms with E-state index in [4.69, 9.17) is 21.6 Å². The molecular weight excluding hydrogens is 356 g/mol. The number of amides is 1. The summed E-state index contributed by atoms with van der Waals surface area (Å²) in [6.07, 6.45) is 0. The first-order chi connectivity index (χ1) is 10.1. The summed E-state index contributed by atoms with van der Waals surface area (Å²) in [7, 11) is 0. The van der Waals surface area contributed by atoms with Crippen molar-refractivity contribution in [2.24, 2.45) is 0 Å². The molecule has 0 saturated heterocycles. The number of anilines is 1. The van der Waals surface area contributed by atoms with Gasteiger partial charge in [0, 0.05) is 10.2 Å². The van der Waals surface area contributed by atoms with Crippen molar-refractivity contribution in [3.05, 3.63) is 57.5 Å². The van der Waals surface area contributed by atoms with Crippen LogP contribution in [0.3, 0.4) is 0 Å². The van der Waals surface area contributed by atoms with E-state index in [2.05, 4.69) is 21.2 Å². The molecule has 1 N–H and O–H groups in total. The molecule has 2 rings (SSSR count). The Morgan fingerprint density at radius 3 is 2.86 bits per heavy atom. The lowest BCUT2D eigenvalue weighted by atomic mass is 10.2. The van der Waals surface area contributed by atoms with Crippen molar-refractivity contribution in [1.29, 1.82) is 5.26 Å². The van der Waals surface area contributed by atoms with Crippen molar-refractivity contribution < 1.29 is 9.53 Å².